The van der Waals surface area contributed by atoms with Gasteiger partial charge < -0.3 is 10.1 Å². The van der Waals surface area contributed by atoms with Gasteiger partial charge in [0.05, 0.1) is 18.7 Å². The van der Waals surface area contributed by atoms with Gasteiger partial charge in [0, 0.05) is 13.2 Å². The first kappa shape index (κ1) is 9.73. The molecular weight excluding hydrogens is 170 g/mol. The van der Waals surface area contributed by atoms with E-state index in [0.29, 0.717) is 12.2 Å². The zero-order chi connectivity index (χ0) is 9.68. The van der Waals surface area contributed by atoms with Crippen molar-refractivity contribution in [2.24, 2.45) is 0 Å². The number of aromatic amines is 1. The molecule has 0 saturated heterocycles. The lowest BCUT2D eigenvalue weighted by Gasteiger charge is -2.08. The third-order valence-corrected chi connectivity index (χ3v) is 1.65. The minimum atomic E-state index is -0.0846. The van der Waals surface area contributed by atoms with Gasteiger partial charge >= 0.3 is 0 Å². The molecule has 0 aromatic carbocycles. The van der Waals surface area contributed by atoms with Crippen molar-refractivity contribution in [1.29, 1.82) is 0 Å². The number of hydrogen-bond acceptors (Lipinski definition) is 3. The van der Waals surface area contributed by atoms with Crippen LogP contribution < -0.4 is 5.32 Å². The maximum Gasteiger partial charge on any atom is 0.228 e. The highest BCUT2D eigenvalue weighted by atomic mass is 16.5. The second kappa shape index (κ2) is 4.61. The average molecular weight is 183 g/mol. The molecule has 0 aliphatic rings. The number of rotatable bonds is 4. The number of nitrogens with zero attached hydrogens (tertiary/aromatic N) is 1. The maximum absolute atomic E-state index is 11.2. The topological polar surface area (TPSA) is 67.0 Å². The van der Waals surface area contributed by atoms with E-state index in [1.807, 2.05) is 6.92 Å². The molecule has 1 heterocycles. The molecule has 0 saturated carbocycles. The third-order valence-electron chi connectivity index (χ3n) is 1.65. The largest absolute Gasteiger partial charge is 0.381 e. The van der Waals surface area contributed by atoms with Crippen molar-refractivity contribution in [2.75, 3.05) is 12.4 Å². The summed E-state index contributed by atoms with van der Waals surface area (Å²) in [6, 6.07) is 1.69. The summed E-state index contributed by atoms with van der Waals surface area (Å²) in [7, 11) is 1.58. The molecule has 0 bridgehead atoms. The molecule has 0 aliphatic carbocycles. The molecule has 1 rings (SSSR count). The van der Waals surface area contributed by atoms with Gasteiger partial charge in [-0.05, 0) is 6.92 Å². The predicted molar refractivity (Wildman–Crippen MR) is 48.3 cm³/mol. The van der Waals surface area contributed by atoms with E-state index in [4.69, 9.17) is 4.74 Å². The average Bonchev–Trinajstić information content (AvgIpc) is 2.56. The Labute approximate surface area is 76.5 Å². The molecule has 1 atom stereocenters. The van der Waals surface area contributed by atoms with Gasteiger partial charge in [0.2, 0.25) is 5.91 Å². The Kier molecular flexibility index (Phi) is 3.45. The number of anilines is 1. The summed E-state index contributed by atoms with van der Waals surface area (Å²) in [4.78, 5) is 11.2. The van der Waals surface area contributed by atoms with E-state index in [9.17, 15) is 4.79 Å². The van der Waals surface area contributed by atoms with Gasteiger partial charge in [0.25, 0.3) is 0 Å². The lowest BCUT2D eigenvalue weighted by molar-refractivity contribution is -0.118. The predicted octanol–water partition coefficient (Wildman–Crippen LogP) is 0.773. The summed E-state index contributed by atoms with van der Waals surface area (Å²) in [5.74, 6) is 0.520. The smallest absolute Gasteiger partial charge is 0.228 e. The molecule has 2 N–H and O–H groups in total. The Hall–Kier alpha value is -1.36. The summed E-state index contributed by atoms with van der Waals surface area (Å²) in [6.45, 7) is 1.84. The van der Waals surface area contributed by atoms with Crippen LogP contribution in [-0.4, -0.2) is 29.3 Å². The SMILES string of the molecule is COC(C)CC(=O)Nc1ccn[nH]1. The van der Waals surface area contributed by atoms with Crippen LogP contribution in [-0.2, 0) is 9.53 Å². The summed E-state index contributed by atoms with van der Waals surface area (Å²) < 4.78 is 4.95. The van der Waals surface area contributed by atoms with Crippen molar-refractivity contribution >= 4 is 11.7 Å². The fraction of sp³-hybridized carbons (Fsp3) is 0.500. The van der Waals surface area contributed by atoms with E-state index in [1.54, 1.807) is 19.4 Å². The first-order valence-electron chi connectivity index (χ1n) is 4.04. The molecule has 0 radical (unpaired) electrons. The van der Waals surface area contributed by atoms with Crippen molar-refractivity contribution < 1.29 is 9.53 Å². The molecule has 72 valence electrons. The summed E-state index contributed by atoms with van der Waals surface area (Å²) in [6.07, 6.45) is 1.85. The van der Waals surface area contributed by atoms with Gasteiger partial charge in [-0.3, -0.25) is 9.89 Å². The van der Waals surface area contributed by atoms with E-state index < -0.39 is 0 Å². The molecule has 5 heteroatoms. The Morgan fingerprint density at radius 2 is 2.62 bits per heavy atom. The maximum atomic E-state index is 11.2. The van der Waals surface area contributed by atoms with Crippen LogP contribution in [0.25, 0.3) is 0 Å². The highest BCUT2D eigenvalue weighted by Crippen LogP contribution is 2.02. The Morgan fingerprint density at radius 1 is 1.85 bits per heavy atom. The highest BCUT2D eigenvalue weighted by Gasteiger charge is 2.08. The number of hydrogen-bond donors (Lipinski definition) is 2. The summed E-state index contributed by atoms with van der Waals surface area (Å²) in [5, 5.41) is 8.99. The number of amides is 1. The highest BCUT2D eigenvalue weighted by molar-refractivity contribution is 5.89. The van der Waals surface area contributed by atoms with E-state index in [1.165, 1.54) is 0 Å². The fourth-order valence-electron chi connectivity index (χ4n) is 0.871. The molecule has 0 aliphatic heterocycles. The van der Waals surface area contributed by atoms with Crippen LogP contribution >= 0.6 is 0 Å². The van der Waals surface area contributed by atoms with E-state index >= 15 is 0 Å². The quantitative estimate of drug-likeness (QED) is 0.724. The molecule has 1 aromatic heterocycles. The van der Waals surface area contributed by atoms with Gasteiger partial charge in [0.1, 0.15) is 5.82 Å². The number of carbonyl (C=O) groups excluding carboxylic acids is 1. The van der Waals surface area contributed by atoms with Crippen molar-refractivity contribution in [3.05, 3.63) is 12.3 Å². The normalized spacial score (nSPS) is 12.5. The molecule has 0 spiro atoms. The summed E-state index contributed by atoms with van der Waals surface area (Å²) >= 11 is 0. The Balaban J connectivity index is 2.34. The number of aromatic nitrogens is 2. The van der Waals surface area contributed by atoms with Crippen molar-refractivity contribution in [2.45, 2.75) is 19.4 Å². The van der Waals surface area contributed by atoms with Gasteiger partial charge in [-0.15, -0.1) is 0 Å². The molecule has 1 aromatic rings. The van der Waals surface area contributed by atoms with Crippen LogP contribution in [0.4, 0.5) is 5.82 Å². The van der Waals surface area contributed by atoms with Gasteiger partial charge in [-0.1, -0.05) is 0 Å². The monoisotopic (exact) mass is 183 g/mol. The Morgan fingerprint density at radius 3 is 3.15 bits per heavy atom. The number of H-pyrrole nitrogens is 1. The van der Waals surface area contributed by atoms with E-state index in [-0.39, 0.29) is 12.0 Å². The van der Waals surface area contributed by atoms with Crippen LogP contribution in [0.15, 0.2) is 12.3 Å². The number of nitrogens with one attached hydrogen (secondary N) is 2. The fourth-order valence-corrected chi connectivity index (χ4v) is 0.871. The first-order valence-corrected chi connectivity index (χ1v) is 4.04. The molecule has 0 fully saturated rings. The van der Waals surface area contributed by atoms with Crippen molar-refractivity contribution in [3.63, 3.8) is 0 Å². The molecular formula is C8H13N3O2. The van der Waals surface area contributed by atoms with Crippen LogP contribution in [0.3, 0.4) is 0 Å². The molecule has 5 nitrogen and oxygen atoms in total. The van der Waals surface area contributed by atoms with Crippen LogP contribution in [0.2, 0.25) is 0 Å². The van der Waals surface area contributed by atoms with Crippen LogP contribution in [0.5, 0.6) is 0 Å². The lowest BCUT2D eigenvalue weighted by Crippen LogP contribution is -2.19. The second-order valence-electron chi connectivity index (χ2n) is 2.77. The van der Waals surface area contributed by atoms with E-state index in [2.05, 4.69) is 15.5 Å². The number of ether oxygens (including phenoxy) is 1. The standard InChI is InChI=1S/C8H13N3O2/c1-6(13-2)5-8(12)10-7-3-4-9-11-7/h3-4,6H,5H2,1-2H3,(H2,9,10,11,12). The zero-order valence-electron chi connectivity index (χ0n) is 7.70. The minimum Gasteiger partial charge on any atom is -0.381 e. The minimum absolute atomic E-state index is 0.0667. The van der Waals surface area contributed by atoms with Crippen molar-refractivity contribution in [3.8, 4) is 0 Å². The molecule has 1 unspecified atom stereocenters. The number of carbonyl (C=O) groups is 1. The van der Waals surface area contributed by atoms with Gasteiger partial charge in [-0.25, -0.2) is 0 Å². The molecule has 13 heavy (non-hydrogen) atoms. The van der Waals surface area contributed by atoms with Crippen molar-refractivity contribution in [1.82, 2.24) is 10.2 Å². The number of methoxy groups -OCH3 is 1. The molecule has 1 amide bonds. The second-order valence-corrected chi connectivity index (χ2v) is 2.77. The van der Waals surface area contributed by atoms with Crippen LogP contribution in [0.1, 0.15) is 13.3 Å². The van der Waals surface area contributed by atoms with Gasteiger partial charge in [-0.2, -0.15) is 5.10 Å². The Bertz CT molecular complexity index is 258. The first-order chi connectivity index (χ1) is 6.22. The van der Waals surface area contributed by atoms with Gasteiger partial charge in [0.15, 0.2) is 0 Å². The third kappa shape index (κ3) is 3.25. The van der Waals surface area contributed by atoms with Crippen LogP contribution in [0, 0.1) is 0 Å². The summed E-state index contributed by atoms with van der Waals surface area (Å²) in [5.41, 5.74) is 0. The lowest BCUT2D eigenvalue weighted by atomic mass is 10.3. The zero-order valence-corrected chi connectivity index (χ0v) is 7.70. The van der Waals surface area contributed by atoms with E-state index in [0.717, 1.165) is 0 Å².